The highest BCUT2D eigenvalue weighted by Crippen LogP contribution is 1.98. The second kappa shape index (κ2) is 1.47. The number of ether oxygens (including phenoxy) is 1. The third-order valence-corrected chi connectivity index (χ3v) is 0.878. The van der Waals surface area contributed by atoms with Crippen molar-refractivity contribution in [1.82, 2.24) is 5.32 Å². The van der Waals surface area contributed by atoms with Gasteiger partial charge in [-0.05, 0) is 6.92 Å². The van der Waals surface area contributed by atoms with Crippen LogP contribution >= 0.6 is 0 Å². The van der Waals surface area contributed by atoms with E-state index in [0.717, 1.165) is 0 Å². The van der Waals surface area contributed by atoms with Crippen LogP contribution in [0.3, 0.4) is 0 Å². The molecule has 1 fully saturated rings. The van der Waals surface area contributed by atoms with Crippen LogP contribution < -0.4 is 5.32 Å². The third-order valence-electron chi connectivity index (χ3n) is 0.878. The molecule has 0 saturated carbocycles. The lowest BCUT2D eigenvalue weighted by molar-refractivity contribution is -0.122. The van der Waals surface area contributed by atoms with E-state index < -0.39 is 12.2 Å². The summed E-state index contributed by atoms with van der Waals surface area (Å²) in [5.74, 6) is -0.366. The highest BCUT2D eigenvalue weighted by Gasteiger charge is 2.27. The molecule has 0 radical (unpaired) electrons. The molecule has 1 heterocycles. The number of amides is 2. The number of hydrogen-bond acceptors (Lipinski definition) is 3. The van der Waals surface area contributed by atoms with Gasteiger partial charge in [0, 0.05) is 0 Å². The summed E-state index contributed by atoms with van der Waals surface area (Å²) < 4.78 is 4.37. The summed E-state index contributed by atoms with van der Waals surface area (Å²) in [6.45, 7) is 1.51. The Kier molecular flexibility index (Phi) is 0.932. The van der Waals surface area contributed by atoms with E-state index in [1.807, 2.05) is 5.32 Å². The van der Waals surface area contributed by atoms with Gasteiger partial charge in [0.05, 0.1) is 0 Å². The molecule has 0 aromatic rings. The zero-order chi connectivity index (χ0) is 6.15. The second-order valence-corrected chi connectivity index (χ2v) is 1.54. The molecule has 1 aliphatic heterocycles. The molecule has 2 amide bonds. The van der Waals surface area contributed by atoms with Gasteiger partial charge in [0.1, 0.15) is 0 Å². The van der Waals surface area contributed by atoms with E-state index in [1.54, 1.807) is 0 Å². The highest BCUT2D eigenvalue weighted by atomic mass is 16.6. The van der Waals surface area contributed by atoms with Crippen LogP contribution in [0.5, 0.6) is 0 Å². The topological polar surface area (TPSA) is 55.4 Å². The second-order valence-electron chi connectivity index (χ2n) is 1.54. The summed E-state index contributed by atoms with van der Waals surface area (Å²) in [7, 11) is 0. The van der Waals surface area contributed by atoms with Gasteiger partial charge in [0.2, 0.25) is 0 Å². The molecule has 1 saturated heterocycles. The standard InChI is InChI=1S/C4H5NO3/c1-2-3(6)5-4(7)8-2/h2H,1H3,(H,5,6,7)/t2-/m1/s1. The van der Waals surface area contributed by atoms with Gasteiger partial charge in [-0.25, -0.2) is 4.79 Å². The Morgan fingerprint density at radius 2 is 2.25 bits per heavy atom. The lowest BCUT2D eigenvalue weighted by atomic mass is 10.4. The van der Waals surface area contributed by atoms with Crippen molar-refractivity contribution in [2.24, 2.45) is 0 Å². The quantitative estimate of drug-likeness (QED) is 0.469. The van der Waals surface area contributed by atoms with E-state index in [1.165, 1.54) is 6.92 Å². The molecule has 1 N–H and O–H groups in total. The Morgan fingerprint density at radius 1 is 1.62 bits per heavy atom. The molecule has 1 atom stereocenters. The van der Waals surface area contributed by atoms with Gasteiger partial charge in [-0.1, -0.05) is 0 Å². The van der Waals surface area contributed by atoms with Crippen molar-refractivity contribution in [2.45, 2.75) is 13.0 Å². The van der Waals surface area contributed by atoms with Gasteiger partial charge in [-0.3, -0.25) is 10.1 Å². The van der Waals surface area contributed by atoms with Crippen molar-refractivity contribution in [3.05, 3.63) is 0 Å². The third kappa shape index (κ3) is 0.641. The first-order chi connectivity index (χ1) is 3.70. The van der Waals surface area contributed by atoms with Gasteiger partial charge in [0.15, 0.2) is 6.10 Å². The van der Waals surface area contributed by atoms with E-state index >= 15 is 0 Å². The van der Waals surface area contributed by atoms with Crippen LogP contribution in [0, 0.1) is 0 Å². The molecule has 0 spiro atoms. The van der Waals surface area contributed by atoms with E-state index in [2.05, 4.69) is 4.74 Å². The minimum atomic E-state index is -0.650. The van der Waals surface area contributed by atoms with Crippen LogP contribution in [-0.2, 0) is 9.53 Å². The molecule has 0 bridgehead atoms. The Labute approximate surface area is 45.8 Å². The number of rotatable bonds is 0. The van der Waals surface area contributed by atoms with E-state index in [0.29, 0.717) is 0 Å². The monoisotopic (exact) mass is 115 g/mol. The van der Waals surface area contributed by atoms with Gasteiger partial charge >= 0.3 is 6.09 Å². The number of carbonyl (C=O) groups is 2. The molecule has 44 valence electrons. The first-order valence-electron chi connectivity index (χ1n) is 2.21. The van der Waals surface area contributed by atoms with E-state index in [-0.39, 0.29) is 5.91 Å². The lowest BCUT2D eigenvalue weighted by Crippen LogP contribution is -2.22. The maximum Gasteiger partial charge on any atom is 0.414 e. The Hall–Kier alpha value is -1.06. The molecule has 0 aromatic carbocycles. The molecule has 1 rings (SSSR count). The van der Waals surface area contributed by atoms with Crippen molar-refractivity contribution in [3.63, 3.8) is 0 Å². The number of imide groups is 1. The minimum absolute atomic E-state index is 0.366. The molecule has 0 unspecified atom stereocenters. The Bertz CT molecular complexity index is 142. The summed E-state index contributed by atoms with van der Waals surface area (Å²) in [4.78, 5) is 20.4. The predicted molar refractivity (Wildman–Crippen MR) is 24.1 cm³/mol. The lowest BCUT2D eigenvalue weighted by Gasteiger charge is -1.91. The predicted octanol–water partition coefficient (Wildman–Crippen LogP) is -0.359. The van der Waals surface area contributed by atoms with Gasteiger partial charge < -0.3 is 4.74 Å². The Morgan fingerprint density at radius 3 is 2.38 bits per heavy atom. The smallest absolute Gasteiger partial charge is 0.414 e. The average Bonchev–Trinajstić information content (AvgIpc) is 1.85. The molecular weight excluding hydrogens is 110 g/mol. The summed E-state index contributed by atoms with van der Waals surface area (Å²) in [6, 6.07) is 0. The number of nitrogens with one attached hydrogen (secondary N) is 1. The Balaban J connectivity index is 2.64. The summed E-state index contributed by atoms with van der Waals surface area (Å²) >= 11 is 0. The van der Waals surface area contributed by atoms with E-state index in [9.17, 15) is 9.59 Å². The largest absolute Gasteiger partial charge is 0.436 e. The number of alkyl carbamates (subject to hydrolysis) is 1. The van der Waals surface area contributed by atoms with Crippen LogP contribution in [0.1, 0.15) is 6.92 Å². The summed E-state index contributed by atoms with van der Waals surface area (Å²) in [5, 5.41) is 1.97. The minimum Gasteiger partial charge on any atom is -0.436 e. The molecular formula is C4H5NO3. The van der Waals surface area contributed by atoms with Crippen molar-refractivity contribution in [3.8, 4) is 0 Å². The molecule has 1 aliphatic rings. The fraction of sp³-hybridized carbons (Fsp3) is 0.500. The summed E-state index contributed by atoms with van der Waals surface area (Å²) in [6.07, 6.45) is -1.26. The van der Waals surface area contributed by atoms with Crippen molar-refractivity contribution in [2.75, 3.05) is 0 Å². The maximum atomic E-state index is 10.3. The van der Waals surface area contributed by atoms with Crippen LogP contribution in [-0.4, -0.2) is 18.1 Å². The SMILES string of the molecule is C[C@H]1OC(=O)NC1=O. The number of cyclic esters (lactones) is 1. The van der Waals surface area contributed by atoms with Gasteiger partial charge in [-0.15, -0.1) is 0 Å². The first-order valence-corrected chi connectivity index (χ1v) is 2.21. The van der Waals surface area contributed by atoms with Crippen molar-refractivity contribution >= 4 is 12.0 Å². The first kappa shape index (κ1) is 5.08. The molecule has 0 aromatic heterocycles. The van der Waals surface area contributed by atoms with E-state index in [4.69, 9.17) is 0 Å². The molecule has 8 heavy (non-hydrogen) atoms. The fourth-order valence-corrected chi connectivity index (χ4v) is 0.446. The van der Waals surface area contributed by atoms with Crippen molar-refractivity contribution in [1.29, 1.82) is 0 Å². The van der Waals surface area contributed by atoms with Crippen LogP contribution in [0.2, 0.25) is 0 Å². The number of hydrogen-bond donors (Lipinski definition) is 1. The normalized spacial score (nSPS) is 27.4. The maximum absolute atomic E-state index is 10.3. The number of carbonyl (C=O) groups excluding carboxylic acids is 2. The van der Waals surface area contributed by atoms with Gasteiger partial charge in [0.25, 0.3) is 5.91 Å². The highest BCUT2D eigenvalue weighted by molar-refractivity contribution is 5.99. The fourth-order valence-electron chi connectivity index (χ4n) is 0.446. The zero-order valence-corrected chi connectivity index (χ0v) is 4.30. The molecule has 4 heteroatoms. The molecule has 4 nitrogen and oxygen atoms in total. The summed E-state index contributed by atoms with van der Waals surface area (Å²) in [5.41, 5.74) is 0. The van der Waals surface area contributed by atoms with Crippen LogP contribution in [0.4, 0.5) is 4.79 Å². The average molecular weight is 115 g/mol. The van der Waals surface area contributed by atoms with Crippen LogP contribution in [0.25, 0.3) is 0 Å². The van der Waals surface area contributed by atoms with Crippen molar-refractivity contribution < 1.29 is 14.3 Å². The zero-order valence-electron chi connectivity index (χ0n) is 4.30. The van der Waals surface area contributed by atoms with Gasteiger partial charge in [-0.2, -0.15) is 0 Å². The molecule has 0 aliphatic carbocycles. The van der Waals surface area contributed by atoms with Crippen LogP contribution in [0.15, 0.2) is 0 Å².